The van der Waals surface area contributed by atoms with Crippen molar-refractivity contribution in [1.29, 1.82) is 0 Å². The van der Waals surface area contributed by atoms with Crippen LogP contribution in [0.15, 0.2) is 54.6 Å². The van der Waals surface area contributed by atoms with Crippen molar-refractivity contribution in [1.82, 2.24) is 15.7 Å². The largest absolute Gasteiger partial charge is 0.324 e. The van der Waals surface area contributed by atoms with Crippen molar-refractivity contribution < 1.29 is 14.8 Å². The summed E-state index contributed by atoms with van der Waals surface area (Å²) in [6.07, 6.45) is 0. The van der Waals surface area contributed by atoms with Crippen molar-refractivity contribution in [3.05, 3.63) is 71.3 Å². The van der Waals surface area contributed by atoms with Crippen LogP contribution in [0.5, 0.6) is 0 Å². The average molecular weight is 349 g/mol. The number of nitrogens with one attached hydrogen (secondary N) is 2. The average Bonchev–Trinajstić information content (AvgIpc) is 2.72. The Hall–Kier alpha value is -3.14. The van der Waals surface area contributed by atoms with Gasteiger partial charge < -0.3 is 10.2 Å². The number of hydrogen-bond acceptors (Lipinski definition) is 4. The van der Waals surface area contributed by atoms with Gasteiger partial charge in [0.15, 0.2) is 0 Å². The molecule has 0 saturated carbocycles. The standard InChI is InChI=1S/C20H19N3O3/c24-19(22-26)18-14-21-12-13-23(18)20(25)17-10-8-16(9-11-17)7-6-15-4-2-1-3-5-15/h1-5,8-11,18,21,26H,12-14H2,(H,22,24). The van der Waals surface area contributed by atoms with Gasteiger partial charge in [0.05, 0.1) is 0 Å². The molecule has 2 aromatic rings. The van der Waals surface area contributed by atoms with Crippen LogP contribution in [0.3, 0.4) is 0 Å². The summed E-state index contributed by atoms with van der Waals surface area (Å²) in [6.45, 7) is 1.30. The minimum Gasteiger partial charge on any atom is -0.324 e. The van der Waals surface area contributed by atoms with Crippen molar-refractivity contribution in [3.8, 4) is 11.8 Å². The summed E-state index contributed by atoms with van der Waals surface area (Å²) >= 11 is 0. The quantitative estimate of drug-likeness (QED) is 0.429. The third kappa shape index (κ3) is 4.09. The Morgan fingerprint density at radius 2 is 1.69 bits per heavy atom. The van der Waals surface area contributed by atoms with Gasteiger partial charge in [0.2, 0.25) is 0 Å². The minimum absolute atomic E-state index is 0.248. The van der Waals surface area contributed by atoms with E-state index >= 15 is 0 Å². The summed E-state index contributed by atoms with van der Waals surface area (Å²) in [4.78, 5) is 26.0. The Balaban J connectivity index is 1.74. The highest BCUT2D eigenvalue weighted by molar-refractivity contribution is 5.97. The van der Waals surface area contributed by atoms with E-state index in [2.05, 4.69) is 17.2 Å². The molecule has 6 nitrogen and oxygen atoms in total. The van der Waals surface area contributed by atoms with Crippen LogP contribution in [-0.2, 0) is 4.79 Å². The van der Waals surface area contributed by atoms with Gasteiger partial charge in [0.25, 0.3) is 11.8 Å². The van der Waals surface area contributed by atoms with E-state index in [1.54, 1.807) is 29.7 Å². The van der Waals surface area contributed by atoms with Crippen molar-refractivity contribution in [2.24, 2.45) is 0 Å². The van der Waals surface area contributed by atoms with E-state index in [-0.39, 0.29) is 5.91 Å². The van der Waals surface area contributed by atoms with Crippen LogP contribution in [0.25, 0.3) is 0 Å². The Morgan fingerprint density at radius 1 is 1.04 bits per heavy atom. The lowest BCUT2D eigenvalue weighted by molar-refractivity contribution is -0.134. The van der Waals surface area contributed by atoms with Crippen molar-refractivity contribution >= 4 is 11.8 Å². The number of benzene rings is 2. The second kappa shape index (κ2) is 8.30. The summed E-state index contributed by atoms with van der Waals surface area (Å²) in [7, 11) is 0. The van der Waals surface area contributed by atoms with Gasteiger partial charge in [-0.05, 0) is 36.4 Å². The maximum absolute atomic E-state index is 12.7. The van der Waals surface area contributed by atoms with Gasteiger partial charge in [-0.25, -0.2) is 5.48 Å². The third-order valence-electron chi connectivity index (χ3n) is 4.17. The van der Waals surface area contributed by atoms with Crippen LogP contribution in [0.2, 0.25) is 0 Å². The number of hydroxylamine groups is 1. The molecule has 6 heteroatoms. The monoisotopic (exact) mass is 349 g/mol. The van der Waals surface area contributed by atoms with Crippen LogP contribution in [0, 0.1) is 11.8 Å². The predicted octanol–water partition coefficient (Wildman–Crippen LogP) is 1.01. The SMILES string of the molecule is O=C(NO)C1CNCCN1C(=O)c1ccc(C#Cc2ccccc2)cc1. The topological polar surface area (TPSA) is 81.7 Å². The lowest BCUT2D eigenvalue weighted by Gasteiger charge is -2.34. The maximum Gasteiger partial charge on any atom is 0.267 e. The molecule has 132 valence electrons. The van der Waals surface area contributed by atoms with Crippen LogP contribution in [0.4, 0.5) is 0 Å². The fraction of sp³-hybridized carbons (Fsp3) is 0.200. The number of carbonyl (C=O) groups excluding carboxylic acids is 2. The van der Waals surface area contributed by atoms with E-state index in [0.29, 0.717) is 25.2 Å². The molecule has 3 rings (SSSR count). The van der Waals surface area contributed by atoms with Crippen LogP contribution < -0.4 is 10.8 Å². The molecule has 1 aliphatic rings. The summed E-state index contributed by atoms with van der Waals surface area (Å²) in [5.74, 6) is 5.28. The molecule has 1 saturated heterocycles. The van der Waals surface area contributed by atoms with E-state index in [9.17, 15) is 9.59 Å². The van der Waals surface area contributed by atoms with Crippen LogP contribution in [-0.4, -0.2) is 47.6 Å². The highest BCUT2D eigenvalue weighted by Crippen LogP contribution is 2.12. The zero-order chi connectivity index (χ0) is 18.4. The van der Waals surface area contributed by atoms with Gasteiger partial charge in [-0.1, -0.05) is 30.0 Å². The van der Waals surface area contributed by atoms with Gasteiger partial charge >= 0.3 is 0 Å². The second-order valence-corrected chi connectivity index (χ2v) is 5.89. The molecule has 1 atom stereocenters. The van der Waals surface area contributed by atoms with E-state index in [0.717, 1.165) is 11.1 Å². The summed E-state index contributed by atoms with van der Waals surface area (Å²) in [5.41, 5.74) is 3.82. The molecule has 0 aliphatic carbocycles. The van der Waals surface area contributed by atoms with Gasteiger partial charge in [-0.2, -0.15) is 0 Å². The summed E-state index contributed by atoms with van der Waals surface area (Å²) in [5, 5.41) is 11.9. The van der Waals surface area contributed by atoms with Gasteiger partial charge in [-0.3, -0.25) is 14.8 Å². The lowest BCUT2D eigenvalue weighted by Crippen LogP contribution is -2.59. The highest BCUT2D eigenvalue weighted by atomic mass is 16.5. The first-order valence-electron chi connectivity index (χ1n) is 8.32. The summed E-state index contributed by atoms with van der Waals surface area (Å²) < 4.78 is 0. The normalized spacial score (nSPS) is 16.3. The van der Waals surface area contributed by atoms with Crippen LogP contribution in [0.1, 0.15) is 21.5 Å². The third-order valence-corrected chi connectivity index (χ3v) is 4.17. The van der Waals surface area contributed by atoms with E-state index < -0.39 is 11.9 Å². The molecule has 1 heterocycles. The molecule has 0 radical (unpaired) electrons. The van der Waals surface area contributed by atoms with Crippen molar-refractivity contribution in [3.63, 3.8) is 0 Å². The first kappa shape index (κ1) is 17.7. The second-order valence-electron chi connectivity index (χ2n) is 5.89. The zero-order valence-electron chi connectivity index (χ0n) is 14.1. The van der Waals surface area contributed by atoms with Gasteiger partial charge in [0, 0.05) is 36.3 Å². The molecule has 1 unspecified atom stereocenters. The molecule has 1 fully saturated rings. The molecule has 2 amide bonds. The smallest absolute Gasteiger partial charge is 0.267 e. The summed E-state index contributed by atoms with van der Waals surface area (Å²) in [6, 6.07) is 15.9. The number of nitrogens with zero attached hydrogens (tertiary/aromatic N) is 1. The Bertz CT molecular complexity index is 838. The Morgan fingerprint density at radius 3 is 2.35 bits per heavy atom. The van der Waals surface area contributed by atoms with Gasteiger partial charge in [0.1, 0.15) is 6.04 Å². The number of hydrogen-bond donors (Lipinski definition) is 3. The molecule has 26 heavy (non-hydrogen) atoms. The molecular formula is C20H19N3O3. The molecular weight excluding hydrogens is 330 g/mol. The Labute approximate surface area is 151 Å². The fourth-order valence-corrected chi connectivity index (χ4v) is 2.78. The van der Waals surface area contributed by atoms with Crippen molar-refractivity contribution in [2.45, 2.75) is 6.04 Å². The minimum atomic E-state index is -0.737. The molecule has 2 aromatic carbocycles. The first-order valence-corrected chi connectivity index (χ1v) is 8.32. The van der Waals surface area contributed by atoms with Crippen molar-refractivity contribution in [2.75, 3.05) is 19.6 Å². The zero-order valence-corrected chi connectivity index (χ0v) is 14.1. The fourth-order valence-electron chi connectivity index (χ4n) is 2.78. The first-order chi connectivity index (χ1) is 12.7. The van der Waals surface area contributed by atoms with E-state index in [1.165, 1.54) is 4.90 Å². The number of amides is 2. The van der Waals surface area contributed by atoms with E-state index in [1.807, 2.05) is 30.3 Å². The number of piperazine rings is 1. The predicted molar refractivity (Wildman–Crippen MR) is 96.5 cm³/mol. The maximum atomic E-state index is 12.7. The molecule has 3 N–H and O–H groups in total. The molecule has 0 aromatic heterocycles. The van der Waals surface area contributed by atoms with Crippen LogP contribution >= 0.6 is 0 Å². The lowest BCUT2D eigenvalue weighted by atomic mass is 10.1. The number of rotatable bonds is 2. The Kier molecular flexibility index (Phi) is 5.64. The molecule has 0 spiro atoms. The van der Waals surface area contributed by atoms with E-state index in [4.69, 9.17) is 5.21 Å². The molecule has 1 aliphatic heterocycles. The highest BCUT2D eigenvalue weighted by Gasteiger charge is 2.32. The molecule has 0 bridgehead atoms. The van der Waals surface area contributed by atoms with Gasteiger partial charge in [-0.15, -0.1) is 0 Å². The number of carbonyl (C=O) groups is 2.